The molecule has 9 heteroatoms. The highest BCUT2D eigenvalue weighted by Gasteiger charge is 2.42. The Bertz CT molecular complexity index is 1660. The molecule has 45 heavy (non-hydrogen) atoms. The molecule has 0 bridgehead atoms. The predicted molar refractivity (Wildman–Crippen MR) is 188 cm³/mol. The van der Waals surface area contributed by atoms with Crippen LogP contribution in [-0.4, -0.2) is 54.1 Å². The summed E-state index contributed by atoms with van der Waals surface area (Å²) < 4.78 is 7.90. The quantitative estimate of drug-likeness (QED) is 0.221. The number of nitrogens with zero attached hydrogens (tertiary/aromatic N) is 5. The van der Waals surface area contributed by atoms with Crippen LogP contribution >= 0.6 is 23.8 Å². The summed E-state index contributed by atoms with van der Waals surface area (Å²) in [4.78, 5) is 11.8. The van der Waals surface area contributed by atoms with Crippen LogP contribution in [0.4, 0.5) is 17.1 Å². The maximum atomic E-state index is 7.02. The summed E-state index contributed by atoms with van der Waals surface area (Å²) in [5, 5.41) is 5.06. The van der Waals surface area contributed by atoms with Crippen molar-refractivity contribution >= 4 is 46.0 Å². The molecule has 2 aromatic heterocycles. The van der Waals surface area contributed by atoms with Gasteiger partial charge in [-0.15, -0.1) is 0 Å². The van der Waals surface area contributed by atoms with E-state index < -0.39 is 0 Å². The van der Waals surface area contributed by atoms with Gasteiger partial charge in [-0.3, -0.25) is 4.98 Å². The van der Waals surface area contributed by atoms with E-state index in [0.717, 1.165) is 73.1 Å². The highest BCUT2D eigenvalue weighted by atomic mass is 35.5. The van der Waals surface area contributed by atoms with E-state index in [1.54, 1.807) is 0 Å². The van der Waals surface area contributed by atoms with Crippen LogP contribution in [0.3, 0.4) is 0 Å². The fourth-order valence-electron chi connectivity index (χ4n) is 7.22. The Hall–Kier alpha value is -3.59. The molecular formula is C36H41ClN6OS. The topological polar surface area (TPSA) is 48.8 Å². The van der Waals surface area contributed by atoms with Crippen LogP contribution in [0.25, 0.3) is 5.69 Å². The summed E-state index contributed by atoms with van der Waals surface area (Å²) >= 11 is 13.1. The number of thiocarbonyl (C=S) groups is 1. The predicted octanol–water partition coefficient (Wildman–Crippen LogP) is 7.39. The SMILES string of the molecule is Cc1cc([C@@H]2[C@@H](c3ccccn3)NC(=S)N2c2ccc(N3CCC(C)CC3)c(Cl)c2)c(C)n1-c1ccc(N2CCOCC2)cc1. The number of benzene rings is 2. The molecule has 3 aliphatic heterocycles. The Morgan fingerprint density at radius 1 is 0.867 bits per heavy atom. The molecule has 3 fully saturated rings. The maximum absolute atomic E-state index is 7.02. The van der Waals surface area contributed by atoms with Gasteiger partial charge in [0.25, 0.3) is 0 Å². The zero-order valence-electron chi connectivity index (χ0n) is 26.2. The van der Waals surface area contributed by atoms with Gasteiger partial charge in [-0.2, -0.15) is 0 Å². The van der Waals surface area contributed by atoms with E-state index in [0.29, 0.717) is 5.11 Å². The summed E-state index contributed by atoms with van der Waals surface area (Å²) in [5.41, 5.74) is 8.97. The number of anilines is 3. The van der Waals surface area contributed by atoms with Crippen molar-refractivity contribution in [3.05, 3.63) is 101 Å². The average molecular weight is 641 g/mol. The van der Waals surface area contributed by atoms with E-state index >= 15 is 0 Å². The summed E-state index contributed by atoms with van der Waals surface area (Å²) in [7, 11) is 0. The lowest BCUT2D eigenvalue weighted by Gasteiger charge is -2.33. The van der Waals surface area contributed by atoms with Crippen molar-refractivity contribution in [1.82, 2.24) is 14.9 Å². The lowest BCUT2D eigenvalue weighted by atomic mass is 9.96. The monoisotopic (exact) mass is 640 g/mol. The molecule has 2 atom stereocenters. The molecule has 3 saturated heterocycles. The number of pyridine rings is 1. The van der Waals surface area contributed by atoms with E-state index in [1.165, 1.54) is 35.5 Å². The molecule has 0 spiro atoms. The van der Waals surface area contributed by atoms with Crippen LogP contribution in [0, 0.1) is 19.8 Å². The van der Waals surface area contributed by atoms with Crippen LogP contribution in [0.2, 0.25) is 5.02 Å². The van der Waals surface area contributed by atoms with Crippen molar-refractivity contribution < 1.29 is 4.74 Å². The standard InChI is InChI=1S/C36H41ClN6OS/c1-24-13-16-41(17-14-24)33-12-11-29(23-31(33)37)43-35(34(39-36(43)45)32-6-4-5-15-38-32)30-22-25(2)42(26(30)3)28-9-7-27(8-10-28)40-18-20-44-21-19-40/h4-12,15,22-24,34-35H,13-14,16-21H2,1-3H3,(H,39,45)/t34-,35-/m1/s1. The summed E-state index contributed by atoms with van der Waals surface area (Å²) in [5.74, 6) is 0.762. The molecule has 0 unspecified atom stereocenters. The number of nitrogens with one attached hydrogen (secondary N) is 1. The van der Waals surface area contributed by atoms with Gasteiger partial charge >= 0.3 is 0 Å². The zero-order valence-corrected chi connectivity index (χ0v) is 27.8. The Labute approximate surface area is 276 Å². The van der Waals surface area contributed by atoms with E-state index in [1.807, 2.05) is 18.3 Å². The smallest absolute Gasteiger partial charge is 0.174 e. The van der Waals surface area contributed by atoms with E-state index in [4.69, 9.17) is 33.5 Å². The molecule has 0 radical (unpaired) electrons. The van der Waals surface area contributed by atoms with Crippen molar-refractivity contribution in [3.8, 4) is 5.69 Å². The second kappa shape index (κ2) is 12.7. The molecular weight excluding hydrogens is 600 g/mol. The van der Waals surface area contributed by atoms with Gasteiger partial charge in [-0.1, -0.05) is 24.6 Å². The van der Waals surface area contributed by atoms with Crippen molar-refractivity contribution in [2.75, 3.05) is 54.1 Å². The summed E-state index contributed by atoms with van der Waals surface area (Å²) in [6.45, 7) is 12.2. The van der Waals surface area contributed by atoms with Crippen LogP contribution in [0.5, 0.6) is 0 Å². The van der Waals surface area contributed by atoms with Crippen LogP contribution in [0.1, 0.15) is 54.5 Å². The molecule has 2 aromatic carbocycles. The van der Waals surface area contributed by atoms with Crippen molar-refractivity contribution in [2.45, 2.75) is 45.7 Å². The Morgan fingerprint density at radius 2 is 1.58 bits per heavy atom. The van der Waals surface area contributed by atoms with Crippen molar-refractivity contribution in [1.29, 1.82) is 0 Å². The van der Waals surface area contributed by atoms with Crippen LogP contribution in [0.15, 0.2) is 72.9 Å². The van der Waals surface area contributed by atoms with E-state index in [9.17, 15) is 0 Å². The van der Waals surface area contributed by atoms with Gasteiger partial charge in [0.2, 0.25) is 0 Å². The minimum Gasteiger partial charge on any atom is -0.378 e. The van der Waals surface area contributed by atoms with Crippen LogP contribution in [-0.2, 0) is 4.74 Å². The number of halogens is 1. The van der Waals surface area contributed by atoms with Gasteiger partial charge < -0.3 is 29.3 Å². The second-order valence-electron chi connectivity index (χ2n) is 12.6. The molecule has 1 N–H and O–H groups in total. The lowest BCUT2D eigenvalue weighted by molar-refractivity contribution is 0.122. The van der Waals surface area contributed by atoms with Gasteiger partial charge in [0.15, 0.2) is 5.11 Å². The first kappa shape index (κ1) is 30.1. The molecule has 7 rings (SSSR count). The van der Waals surface area contributed by atoms with Gasteiger partial charge in [0.05, 0.1) is 41.7 Å². The molecule has 0 amide bonds. The molecule has 5 heterocycles. The summed E-state index contributed by atoms with van der Waals surface area (Å²) in [6, 6.07) is 23.4. The number of aryl methyl sites for hydroxylation is 1. The fraction of sp³-hybridized carbons (Fsp3) is 0.389. The second-order valence-corrected chi connectivity index (χ2v) is 13.4. The van der Waals surface area contributed by atoms with Crippen molar-refractivity contribution in [2.24, 2.45) is 5.92 Å². The summed E-state index contributed by atoms with van der Waals surface area (Å²) in [6.07, 6.45) is 4.24. The molecule has 0 saturated carbocycles. The Balaban J connectivity index is 1.26. The number of piperidine rings is 1. The largest absolute Gasteiger partial charge is 0.378 e. The molecule has 4 aromatic rings. The lowest BCUT2D eigenvalue weighted by Crippen LogP contribution is -2.36. The molecule has 7 nitrogen and oxygen atoms in total. The minimum atomic E-state index is -0.126. The number of rotatable bonds is 6. The average Bonchev–Trinajstić information content (AvgIpc) is 3.56. The van der Waals surface area contributed by atoms with Gasteiger partial charge in [0, 0.05) is 60.8 Å². The molecule has 0 aliphatic carbocycles. The Kier molecular flexibility index (Phi) is 8.46. The molecule has 3 aliphatic rings. The first-order valence-electron chi connectivity index (χ1n) is 16.1. The number of hydrogen-bond donors (Lipinski definition) is 1. The van der Waals surface area contributed by atoms with Crippen molar-refractivity contribution in [3.63, 3.8) is 0 Å². The van der Waals surface area contributed by atoms with E-state index in [-0.39, 0.29) is 12.1 Å². The maximum Gasteiger partial charge on any atom is 0.174 e. The third-order valence-electron chi connectivity index (χ3n) is 9.70. The normalized spacial score (nSPS) is 21.0. The first-order chi connectivity index (χ1) is 21.9. The number of ether oxygens (including phenoxy) is 1. The number of aromatic nitrogens is 2. The first-order valence-corrected chi connectivity index (χ1v) is 16.8. The van der Waals surface area contributed by atoms with Gasteiger partial charge in [-0.25, -0.2) is 0 Å². The Morgan fingerprint density at radius 3 is 2.27 bits per heavy atom. The fourth-order valence-corrected chi connectivity index (χ4v) is 7.86. The van der Waals surface area contributed by atoms with Gasteiger partial charge in [0.1, 0.15) is 0 Å². The van der Waals surface area contributed by atoms with Gasteiger partial charge in [-0.05, 0) is 111 Å². The zero-order chi connectivity index (χ0) is 31.1. The van der Waals surface area contributed by atoms with Crippen LogP contribution < -0.4 is 20.0 Å². The number of morpholine rings is 1. The highest BCUT2D eigenvalue weighted by molar-refractivity contribution is 7.80. The highest BCUT2D eigenvalue weighted by Crippen LogP contribution is 2.45. The minimum absolute atomic E-state index is 0.113. The third kappa shape index (κ3) is 5.80. The number of hydrogen-bond acceptors (Lipinski definition) is 5. The molecule has 234 valence electrons. The third-order valence-corrected chi connectivity index (χ3v) is 10.3. The van der Waals surface area contributed by atoms with E-state index in [2.05, 4.69) is 100.0 Å².